The lowest BCUT2D eigenvalue weighted by Crippen LogP contribution is -2.10. The number of aliphatic hydroxyl groups is 1. The van der Waals surface area contributed by atoms with Gasteiger partial charge in [-0.2, -0.15) is 13.2 Å². The summed E-state index contributed by atoms with van der Waals surface area (Å²) in [5.74, 6) is 0. The Morgan fingerprint density at radius 1 is 1.33 bits per heavy atom. The summed E-state index contributed by atoms with van der Waals surface area (Å²) in [6, 6.07) is 3.54. The molecule has 18 heavy (non-hydrogen) atoms. The number of rotatable bonds is 2. The van der Waals surface area contributed by atoms with Crippen LogP contribution in [-0.2, 0) is 12.8 Å². The van der Waals surface area contributed by atoms with Crippen molar-refractivity contribution < 1.29 is 18.3 Å². The highest BCUT2D eigenvalue weighted by Gasteiger charge is 2.34. The second-order valence-corrected chi connectivity index (χ2v) is 3.97. The van der Waals surface area contributed by atoms with Crippen molar-refractivity contribution >= 4 is 11.6 Å². The number of hydrogen-bond acceptors (Lipinski definition) is 2. The van der Waals surface area contributed by atoms with Crippen molar-refractivity contribution in [2.24, 2.45) is 0 Å². The Labute approximate surface area is 105 Å². The molecule has 7 heteroatoms. The van der Waals surface area contributed by atoms with E-state index in [1.54, 1.807) is 0 Å². The maximum absolute atomic E-state index is 12.9. The monoisotopic (exact) mass is 276 g/mol. The van der Waals surface area contributed by atoms with Gasteiger partial charge in [-0.1, -0.05) is 17.7 Å². The second kappa shape index (κ2) is 4.62. The van der Waals surface area contributed by atoms with E-state index in [2.05, 4.69) is 4.98 Å². The quantitative estimate of drug-likeness (QED) is 0.915. The summed E-state index contributed by atoms with van der Waals surface area (Å²) in [7, 11) is 0. The molecule has 1 N–H and O–H groups in total. The van der Waals surface area contributed by atoms with Crippen molar-refractivity contribution in [2.75, 3.05) is 0 Å². The van der Waals surface area contributed by atoms with Crippen LogP contribution in [-0.4, -0.2) is 14.7 Å². The van der Waals surface area contributed by atoms with Crippen molar-refractivity contribution in [3.05, 3.63) is 47.0 Å². The van der Waals surface area contributed by atoms with E-state index >= 15 is 0 Å². The lowest BCUT2D eigenvalue weighted by molar-refractivity contribution is -0.137. The number of nitrogens with zero attached hydrogens (tertiary/aromatic N) is 2. The minimum absolute atomic E-state index is 0.0354. The molecule has 1 aromatic heterocycles. The molecule has 0 bridgehead atoms. The normalized spacial score (nSPS) is 11.8. The van der Waals surface area contributed by atoms with E-state index in [1.807, 2.05) is 0 Å². The van der Waals surface area contributed by atoms with E-state index in [9.17, 15) is 13.2 Å². The maximum Gasteiger partial charge on any atom is 0.418 e. The molecule has 0 saturated carbocycles. The molecule has 0 fully saturated rings. The van der Waals surface area contributed by atoms with Gasteiger partial charge in [0, 0.05) is 6.20 Å². The number of imidazole rings is 1. The Hall–Kier alpha value is -1.53. The second-order valence-electron chi connectivity index (χ2n) is 3.56. The molecule has 0 unspecified atom stereocenters. The standard InChI is InChI=1S/C11H8ClF3N2O/c12-9-3-1-2-8(11(13,14)15)10(9)17-4-7(5-18)16-6-17/h1-4,6,18H,5H2. The molecular formula is C11H8ClF3N2O. The van der Waals surface area contributed by atoms with Gasteiger partial charge >= 0.3 is 6.18 Å². The number of hydrogen-bond donors (Lipinski definition) is 1. The summed E-state index contributed by atoms with van der Waals surface area (Å²) in [5, 5.41) is 8.83. The van der Waals surface area contributed by atoms with Crippen LogP contribution in [0.5, 0.6) is 0 Å². The Bertz CT molecular complexity index is 566. The smallest absolute Gasteiger partial charge is 0.390 e. The van der Waals surface area contributed by atoms with Gasteiger partial charge in [0.2, 0.25) is 0 Å². The zero-order valence-electron chi connectivity index (χ0n) is 8.95. The molecule has 2 rings (SSSR count). The molecule has 3 nitrogen and oxygen atoms in total. The molecule has 96 valence electrons. The average Bonchev–Trinajstić information content (AvgIpc) is 2.75. The molecule has 0 aliphatic heterocycles. The molecule has 0 radical (unpaired) electrons. The van der Waals surface area contributed by atoms with Crippen molar-refractivity contribution in [3.8, 4) is 5.69 Å². The van der Waals surface area contributed by atoms with Crippen molar-refractivity contribution in [3.63, 3.8) is 0 Å². The summed E-state index contributed by atoms with van der Waals surface area (Å²) < 4.78 is 39.7. The maximum atomic E-state index is 12.9. The molecule has 1 aromatic carbocycles. The number of halogens is 4. The summed E-state index contributed by atoms with van der Waals surface area (Å²) in [6.07, 6.45) is -2.03. The van der Waals surface area contributed by atoms with Crippen molar-refractivity contribution in [1.82, 2.24) is 9.55 Å². The Morgan fingerprint density at radius 3 is 2.61 bits per heavy atom. The number of benzene rings is 1. The summed E-state index contributed by atoms with van der Waals surface area (Å²) >= 11 is 5.81. The minimum Gasteiger partial charge on any atom is -0.390 e. The molecule has 2 aromatic rings. The van der Waals surface area contributed by atoms with Crippen molar-refractivity contribution in [1.29, 1.82) is 0 Å². The van der Waals surface area contributed by atoms with Crippen LogP contribution in [0.15, 0.2) is 30.7 Å². The fourth-order valence-corrected chi connectivity index (χ4v) is 1.85. The Kier molecular flexibility index (Phi) is 3.32. The predicted molar refractivity (Wildman–Crippen MR) is 59.5 cm³/mol. The largest absolute Gasteiger partial charge is 0.418 e. The number of aliphatic hydroxyl groups excluding tert-OH is 1. The van der Waals surface area contributed by atoms with Gasteiger partial charge in [0.1, 0.15) is 0 Å². The van der Waals surface area contributed by atoms with E-state index < -0.39 is 11.7 Å². The van der Waals surface area contributed by atoms with E-state index in [0.29, 0.717) is 0 Å². The third-order valence-electron chi connectivity index (χ3n) is 2.35. The van der Waals surface area contributed by atoms with Crippen LogP contribution in [0.2, 0.25) is 5.02 Å². The van der Waals surface area contributed by atoms with E-state index in [0.717, 1.165) is 10.6 Å². The zero-order chi connectivity index (χ0) is 13.3. The topological polar surface area (TPSA) is 38.0 Å². The molecule has 0 amide bonds. The number of alkyl halides is 3. The van der Waals surface area contributed by atoms with Gasteiger partial charge in [-0.15, -0.1) is 0 Å². The minimum atomic E-state index is -4.51. The molecule has 0 atom stereocenters. The van der Waals surface area contributed by atoms with E-state index in [4.69, 9.17) is 16.7 Å². The average molecular weight is 277 g/mol. The van der Waals surface area contributed by atoms with Gasteiger partial charge < -0.3 is 9.67 Å². The lowest BCUT2D eigenvalue weighted by Gasteiger charge is -2.14. The molecular weight excluding hydrogens is 269 g/mol. The highest BCUT2D eigenvalue weighted by molar-refractivity contribution is 6.32. The fourth-order valence-electron chi connectivity index (χ4n) is 1.57. The Balaban J connectivity index is 2.62. The summed E-state index contributed by atoms with van der Waals surface area (Å²) in [4.78, 5) is 3.76. The first-order valence-electron chi connectivity index (χ1n) is 4.93. The molecule has 0 aliphatic carbocycles. The van der Waals surface area contributed by atoms with Gasteiger partial charge in [0.05, 0.1) is 34.9 Å². The van der Waals surface area contributed by atoms with Crippen LogP contribution in [0.4, 0.5) is 13.2 Å². The van der Waals surface area contributed by atoms with Crippen molar-refractivity contribution in [2.45, 2.75) is 12.8 Å². The van der Waals surface area contributed by atoms with Crippen LogP contribution in [0.1, 0.15) is 11.3 Å². The van der Waals surface area contributed by atoms with Gasteiger partial charge in [-0.25, -0.2) is 4.98 Å². The first-order chi connectivity index (χ1) is 8.43. The lowest BCUT2D eigenvalue weighted by atomic mass is 10.1. The molecule has 0 aliphatic rings. The highest BCUT2D eigenvalue weighted by atomic mass is 35.5. The first-order valence-corrected chi connectivity index (χ1v) is 5.31. The number of aromatic nitrogens is 2. The number of para-hydroxylation sites is 1. The third kappa shape index (κ3) is 2.34. The van der Waals surface area contributed by atoms with Crippen LogP contribution < -0.4 is 0 Å². The Morgan fingerprint density at radius 2 is 2.06 bits per heavy atom. The van der Waals surface area contributed by atoms with Crippen LogP contribution in [0, 0.1) is 0 Å². The van der Waals surface area contributed by atoms with E-state index in [-0.39, 0.29) is 23.0 Å². The highest BCUT2D eigenvalue weighted by Crippen LogP contribution is 2.37. The molecule has 0 saturated heterocycles. The van der Waals surface area contributed by atoms with Gasteiger partial charge in [0.25, 0.3) is 0 Å². The first kappa shape index (κ1) is 12.9. The summed E-state index contributed by atoms with van der Waals surface area (Å²) in [6.45, 7) is -0.348. The SMILES string of the molecule is OCc1cn(-c2c(Cl)cccc2C(F)(F)F)cn1. The molecule has 0 spiro atoms. The van der Waals surface area contributed by atoms with E-state index in [1.165, 1.54) is 24.7 Å². The fraction of sp³-hybridized carbons (Fsp3) is 0.182. The van der Waals surface area contributed by atoms with Gasteiger partial charge in [-0.3, -0.25) is 0 Å². The van der Waals surface area contributed by atoms with Gasteiger partial charge in [0.15, 0.2) is 0 Å². The van der Waals surface area contributed by atoms with Gasteiger partial charge in [-0.05, 0) is 12.1 Å². The molecule has 1 heterocycles. The third-order valence-corrected chi connectivity index (χ3v) is 2.65. The predicted octanol–water partition coefficient (Wildman–Crippen LogP) is 3.04. The van der Waals surface area contributed by atoms with Crippen LogP contribution >= 0.6 is 11.6 Å². The zero-order valence-corrected chi connectivity index (χ0v) is 9.70. The van der Waals surface area contributed by atoms with Crippen LogP contribution in [0.3, 0.4) is 0 Å². The summed E-state index contributed by atoms with van der Waals surface area (Å²) in [5.41, 5.74) is -0.779. The van der Waals surface area contributed by atoms with Crippen LogP contribution in [0.25, 0.3) is 5.69 Å².